The highest BCUT2D eigenvalue weighted by Crippen LogP contribution is 2.44. The average molecular weight is 855 g/mol. The molecule has 9 heteroatoms. The topological polar surface area (TPSA) is 55.4 Å². The first-order valence-corrected chi connectivity index (χ1v) is 22.7. The predicted octanol–water partition coefficient (Wildman–Crippen LogP) is 12.3. The number of ether oxygens (including phenoxy) is 5. The first-order chi connectivity index (χ1) is 24.0. The summed E-state index contributed by atoms with van der Waals surface area (Å²) in [7, 11) is -0.483. The maximum atomic E-state index is 7.41. The molecule has 1 fully saturated rings. The second-order valence-electron chi connectivity index (χ2n) is 15.9. The van der Waals surface area contributed by atoms with E-state index in [-0.39, 0.29) is 30.5 Å². The summed E-state index contributed by atoms with van der Waals surface area (Å²) in [5.74, 6) is 0.659. The highest BCUT2D eigenvalue weighted by Gasteiger charge is 2.46. The van der Waals surface area contributed by atoms with Gasteiger partial charge in [0, 0.05) is 0 Å². The molecule has 0 radical (unpaired) electrons. The largest absolute Gasteiger partial charge is 0.497 e. The Morgan fingerprint density at radius 1 is 1.02 bits per heavy atom. The van der Waals surface area contributed by atoms with Crippen LogP contribution in [0.15, 0.2) is 70.2 Å². The van der Waals surface area contributed by atoms with Gasteiger partial charge in [-0.15, -0.1) is 0 Å². The Kier molecular flexibility index (Phi) is 18.4. The zero-order valence-corrected chi connectivity index (χ0v) is 37.1. The van der Waals surface area contributed by atoms with Crippen LogP contribution in [-0.4, -0.2) is 58.3 Å². The van der Waals surface area contributed by atoms with Crippen molar-refractivity contribution in [3.05, 3.63) is 75.8 Å². The molecule has 1 saturated heterocycles. The normalized spacial score (nSPS) is 22.5. The van der Waals surface area contributed by atoms with Gasteiger partial charge >= 0.3 is 0 Å². The molecule has 1 unspecified atom stereocenters. The molecule has 288 valence electrons. The van der Waals surface area contributed by atoms with E-state index in [1.54, 1.807) is 7.11 Å². The molecule has 2 aliphatic rings. The number of benzene rings is 1. The van der Waals surface area contributed by atoms with E-state index < -0.39 is 14.1 Å². The Morgan fingerprint density at radius 3 is 2.25 bits per heavy atom. The number of hydrogen-bond acceptors (Lipinski definition) is 6. The highest BCUT2D eigenvalue weighted by molar-refractivity contribution is 9.28. The minimum atomic E-state index is -2.16. The van der Waals surface area contributed by atoms with Crippen molar-refractivity contribution in [2.24, 2.45) is 5.92 Å². The maximum absolute atomic E-state index is 7.41. The third-order valence-corrected chi connectivity index (χ3v) is 17.0. The fourth-order valence-electron chi connectivity index (χ4n) is 7.95. The summed E-state index contributed by atoms with van der Waals surface area (Å²) in [6.07, 6.45) is 16.3. The lowest BCUT2D eigenvalue weighted by molar-refractivity contribution is -0.157. The van der Waals surface area contributed by atoms with Crippen LogP contribution in [0.25, 0.3) is 0 Å². The third kappa shape index (κ3) is 14.3. The van der Waals surface area contributed by atoms with E-state index in [0.29, 0.717) is 42.2 Å². The van der Waals surface area contributed by atoms with Gasteiger partial charge in [-0.1, -0.05) is 103 Å². The monoisotopic (exact) mass is 852 g/mol. The zero-order valence-electron chi connectivity index (χ0n) is 33.0. The molecular formula is C42H66Br2O6Si. The highest BCUT2D eigenvalue weighted by atomic mass is 79.9. The summed E-state index contributed by atoms with van der Waals surface area (Å²) < 4.78 is 39.0. The molecule has 3 rings (SSSR count). The van der Waals surface area contributed by atoms with E-state index in [4.69, 9.17) is 28.1 Å². The van der Waals surface area contributed by atoms with Crippen molar-refractivity contribution >= 4 is 40.2 Å². The van der Waals surface area contributed by atoms with Crippen molar-refractivity contribution < 1.29 is 28.1 Å². The van der Waals surface area contributed by atoms with Crippen molar-refractivity contribution in [2.45, 2.75) is 160 Å². The quantitative estimate of drug-likeness (QED) is 0.0907. The van der Waals surface area contributed by atoms with Crippen LogP contribution in [0.3, 0.4) is 0 Å². The van der Waals surface area contributed by atoms with Crippen molar-refractivity contribution in [1.29, 1.82) is 0 Å². The predicted molar refractivity (Wildman–Crippen MR) is 221 cm³/mol. The first-order valence-electron chi connectivity index (χ1n) is 18.9. The van der Waals surface area contributed by atoms with Crippen LogP contribution in [0.4, 0.5) is 0 Å². The lowest BCUT2D eigenvalue weighted by Crippen LogP contribution is -2.50. The van der Waals surface area contributed by atoms with Crippen LogP contribution >= 0.6 is 31.9 Å². The van der Waals surface area contributed by atoms with Gasteiger partial charge in [-0.3, -0.25) is 0 Å². The SMILES string of the molecule is C=C(CC(/C=C/C[C@@H](OCc1ccc(OC)cc1)[C@@H]1COC(C)(C)O1)O[Si](C(C)C)(C(C)C)C(C)C)C[C@H](C)C[C@@H]1CC=C[C@@H](CC=C(Br)Br)O1. The van der Waals surface area contributed by atoms with Gasteiger partial charge in [0.25, 0.3) is 0 Å². The molecule has 6 nitrogen and oxygen atoms in total. The van der Waals surface area contributed by atoms with Crippen LogP contribution in [0.2, 0.25) is 16.6 Å². The van der Waals surface area contributed by atoms with Gasteiger partial charge in [0.15, 0.2) is 5.79 Å². The molecule has 0 aromatic heterocycles. The van der Waals surface area contributed by atoms with E-state index in [1.165, 1.54) is 5.57 Å². The van der Waals surface area contributed by atoms with E-state index >= 15 is 0 Å². The summed E-state index contributed by atoms with van der Waals surface area (Å²) in [5.41, 5.74) is 3.77. The van der Waals surface area contributed by atoms with Gasteiger partial charge in [-0.25, -0.2) is 0 Å². The van der Waals surface area contributed by atoms with E-state index in [9.17, 15) is 0 Å². The molecule has 0 amide bonds. The number of halogens is 2. The van der Waals surface area contributed by atoms with Crippen LogP contribution in [0.5, 0.6) is 5.75 Å². The van der Waals surface area contributed by atoms with Crippen molar-refractivity contribution in [3.8, 4) is 5.75 Å². The first kappa shape index (κ1) is 44.4. The summed E-state index contributed by atoms with van der Waals surface area (Å²) in [4.78, 5) is 0. The molecule has 0 spiro atoms. The Morgan fingerprint density at radius 2 is 1.69 bits per heavy atom. The Bertz CT molecular complexity index is 1260. The van der Waals surface area contributed by atoms with Gasteiger partial charge in [-0.05, 0) is 124 Å². The molecule has 0 bridgehead atoms. The van der Waals surface area contributed by atoms with Gasteiger partial charge in [0.1, 0.15) is 11.9 Å². The number of rotatable bonds is 21. The number of methoxy groups -OCH3 is 1. The summed E-state index contributed by atoms with van der Waals surface area (Å²) >= 11 is 6.92. The molecule has 1 aromatic carbocycles. The molecule has 51 heavy (non-hydrogen) atoms. The second kappa shape index (κ2) is 21.2. The summed E-state index contributed by atoms with van der Waals surface area (Å²) in [6, 6.07) is 8.02. The van der Waals surface area contributed by atoms with Crippen molar-refractivity contribution in [3.63, 3.8) is 0 Å². The molecule has 1 aromatic rings. The Balaban J connectivity index is 1.75. The smallest absolute Gasteiger partial charge is 0.201 e. The van der Waals surface area contributed by atoms with Gasteiger partial charge in [0.2, 0.25) is 8.32 Å². The fraction of sp³-hybridized carbons (Fsp3) is 0.667. The van der Waals surface area contributed by atoms with Crippen molar-refractivity contribution in [1.82, 2.24) is 0 Å². The molecular weight excluding hydrogens is 788 g/mol. The zero-order chi connectivity index (χ0) is 37.8. The molecule has 2 aliphatic heterocycles. The lowest BCUT2D eigenvalue weighted by atomic mass is 9.91. The number of hydrogen-bond donors (Lipinski definition) is 0. The van der Waals surface area contributed by atoms with Crippen LogP contribution in [0.1, 0.15) is 106 Å². The van der Waals surface area contributed by atoms with Gasteiger partial charge in [-0.2, -0.15) is 0 Å². The van der Waals surface area contributed by atoms with Crippen LogP contribution in [0, 0.1) is 5.92 Å². The maximum Gasteiger partial charge on any atom is 0.201 e. The molecule has 2 heterocycles. The van der Waals surface area contributed by atoms with Gasteiger partial charge < -0.3 is 28.1 Å². The summed E-state index contributed by atoms with van der Waals surface area (Å²) in [6.45, 7) is 26.0. The average Bonchev–Trinajstić information content (AvgIpc) is 3.42. The minimum Gasteiger partial charge on any atom is -0.497 e. The second-order valence-corrected chi connectivity index (χ2v) is 24.1. The van der Waals surface area contributed by atoms with E-state index in [0.717, 1.165) is 46.8 Å². The minimum absolute atomic E-state index is 0.0595. The Labute approximate surface area is 328 Å². The van der Waals surface area contributed by atoms with Crippen molar-refractivity contribution in [2.75, 3.05) is 13.7 Å². The molecule has 0 saturated carbocycles. The van der Waals surface area contributed by atoms with Crippen LogP contribution < -0.4 is 4.74 Å². The van der Waals surface area contributed by atoms with E-state index in [2.05, 4.69) is 117 Å². The lowest BCUT2D eigenvalue weighted by Gasteiger charge is -2.44. The molecule has 6 atom stereocenters. The third-order valence-electron chi connectivity index (χ3n) is 10.3. The Hall–Kier alpha value is -1.04. The van der Waals surface area contributed by atoms with E-state index in [1.807, 2.05) is 38.1 Å². The van der Waals surface area contributed by atoms with Gasteiger partial charge in [0.05, 0.1) is 48.1 Å². The fourth-order valence-corrected chi connectivity index (χ4v) is 13.8. The molecule has 0 aliphatic carbocycles. The van der Waals surface area contributed by atoms with Crippen LogP contribution in [-0.2, 0) is 30.0 Å². The summed E-state index contributed by atoms with van der Waals surface area (Å²) in [5, 5.41) is 0. The standard InChI is InChI=1S/C42H66Br2O6Si/c1-29(2)51(30(3)4,31(5)6)50-38(26-33(8)24-32(7)25-37-15-12-14-36(48-37)22-23-41(43)44)16-13-17-39(40-28-47-42(9,10)49-40)46-27-34-18-20-35(45-11)21-19-34/h12-14,16,18-21,23,29-32,36-40H,8,15,17,22,24-28H2,1-7,9-11H3/b16-13+/t32-,36-,37-,38?,39+,40-/m0/s1. The molecule has 0 N–H and O–H groups in total.